The number of carbonyl (C=O) groups is 1. The Balaban J connectivity index is 2.17. The molecule has 1 aliphatic rings. The third-order valence-corrected chi connectivity index (χ3v) is 4.87. The van der Waals surface area contributed by atoms with Crippen LogP contribution in [-0.2, 0) is 10.0 Å². The molecule has 1 aromatic rings. The van der Waals surface area contributed by atoms with Gasteiger partial charge in [0.05, 0.1) is 4.90 Å². The summed E-state index contributed by atoms with van der Waals surface area (Å²) in [7, 11) is -3.47. The lowest BCUT2D eigenvalue weighted by Crippen LogP contribution is -2.28. The first-order valence-corrected chi connectivity index (χ1v) is 7.34. The van der Waals surface area contributed by atoms with Crippen LogP contribution in [0.5, 0.6) is 0 Å². The third-order valence-electron chi connectivity index (χ3n) is 3.38. The van der Waals surface area contributed by atoms with Crippen molar-refractivity contribution in [1.29, 1.82) is 0 Å². The highest BCUT2D eigenvalue weighted by Crippen LogP contribution is 2.45. The number of hydrogen-bond donors (Lipinski definition) is 1. The summed E-state index contributed by atoms with van der Waals surface area (Å²) in [4.78, 5) is 11.3. The Morgan fingerprint density at radius 3 is 2.17 bits per heavy atom. The zero-order valence-electron chi connectivity index (χ0n) is 10.7. The predicted molar refractivity (Wildman–Crippen MR) is 69.0 cm³/mol. The van der Waals surface area contributed by atoms with Gasteiger partial charge in [-0.05, 0) is 30.9 Å². The summed E-state index contributed by atoms with van der Waals surface area (Å²) >= 11 is 0. The molecular weight excluding hydrogens is 250 g/mol. The van der Waals surface area contributed by atoms with Crippen molar-refractivity contribution in [2.45, 2.75) is 38.1 Å². The van der Waals surface area contributed by atoms with Gasteiger partial charge in [-0.1, -0.05) is 26.0 Å². The number of Topliss-reactive ketones (excluding diaryl/α,β-unsaturated/α-hetero) is 1. The van der Waals surface area contributed by atoms with Crippen LogP contribution in [0.2, 0.25) is 0 Å². The first-order chi connectivity index (χ1) is 8.22. The Labute approximate surface area is 107 Å². The number of carbonyl (C=O) groups excluding carboxylic acids is 1. The first kappa shape index (κ1) is 13.2. The molecule has 18 heavy (non-hydrogen) atoms. The third kappa shape index (κ3) is 2.62. The Hall–Kier alpha value is -1.20. The molecule has 4 nitrogen and oxygen atoms in total. The Morgan fingerprint density at radius 2 is 1.78 bits per heavy atom. The molecule has 1 atom stereocenters. The normalized spacial score (nSPS) is 21.6. The van der Waals surface area contributed by atoms with Gasteiger partial charge >= 0.3 is 0 Å². The molecule has 2 rings (SSSR count). The molecule has 1 aliphatic carbocycles. The summed E-state index contributed by atoms with van der Waals surface area (Å²) in [5, 5.41) is 0. The summed E-state index contributed by atoms with van der Waals surface area (Å²) in [6.07, 6.45) is 0.859. The molecule has 0 heterocycles. The van der Waals surface area contributed by atoms with Crippen molar-refractivity contribution in [3.05, 3.63) is 29.8 Å². The number of benzene rings is 1. The van der Waals surface area contributed by atoms with E-state index in [4.69, 9.17) is 0 Å². The molecule has 1 saturated carbocycles. The summed E-state index contributed by atoms with van der Waals surface area (Å²) in [5.41, 5.74) is 0.563. The maximum absolute atomic E-state index is 12.1. The summed E-state index contributed by atoms with van der Waals surface area (Å²) in [5.74, 6) is -0.0739. The molecule has 0 aliphatic heterocycles. The highest BCUT2D eigenvalue weighted by atomic mass is 32.2. The summed E-state index contributed by atoms with van der Waals surface area (Å²) in [6, 6.07) is 6.02. The van der Waals surface area contributed by atoms with Gasteiger partial charge in [0.15, 0.2) is 5.78 Å². The minimum Gasteiger partial charge on any atom is -0.295 e. The molecule has 0 radical (unpaired) electrons. The van der Waals surface area contributed by atoms with Crippen LogP contribution in [0.15, 0.2) is 29.2 Å². The van der Waals surface area contributed by atoms with E-state index < -0.39 is 10.0 Å². The molecule has 1 aromatic carbocycles. The van der Waals surface area contributed by atoms with Crippen molar-refractivity contribution in [1.82, 2.24) is 4.72 Å². The van der Waals surface area contributed by atoms with Gasteiger partial charge in [-0.15, -0.1) is 0 Å². The second kappa shape index (κ2) is 4.17. The van der Waals surface area contributed by atoms with Crippen molar-refractivity contribution in [2.24, 2.45) is 5.41 Å². The van der Waals surface area contributed by atoms with Crippen LogP contribution in [0.4, 0.5) is 0 Å². The Bertz CT molecular complexity index is 573. The maximum atomic E-state index is 12.1. The average molecular weight is 267 g/mol. The van der Waals surface area contributed by atoms with E-state index in [-0.39, 0.29) is 22.1 Å². The molecule has 1 N–H and O–H groups in total. The van der Waals surface area contributed by atoms with Crippen molar-refractivity contribution < 1.29 is 13.2 Å². The van der Waals surface area contributed by atoms with Crippen molar-refractivity contribution in [2.75, 3.05) is 0 Å². The molecule has 5 heteroatoms. The van der Waals surface area contributed by atoms with Gasteiger partial charge < -0.3 is 0 Å². The van der Waals surface area contributed by atoms with Crippen LogP contribution >= 0.6 is 0 Å². The van der Waals surface area contributed by atoms with Gasteiger partial charge in [-0.25, -0.2) is 13.1 Å². The molecule has 0 saturated heterocycles. The smallest absolute Gasteiger partial charge is 0.240 e. The number of sulfonamides is 1. The fraction of sp³-hybridized carbons (Fsp3) is 0.462. The second-order valence-corrected chi connectivity index (χ2v) is 7.16. The van der Waals surface area contributed by atoms with Crippen LogP contribution in [0.25, 0.3) is 0 Å². The molecule has 0 amide bonds. The van der Waals surface area contributed by atoms with E-state index in [0.717, 1.165) is 6.42 Å². The minimum absolute atomic E-state index is 0.00924. The SMILES string of the molecule is CC(=O)c1ccc(S(=O)(=O)NC2CC2(C)C)cc1. The lowest BCUT2D eigenvalue weighted by atomic mass is 10.2. The lowest BCUT2D eigenvalue weighted by molar-refractivity contribution is 0.101. The van der Waals surface area contributed by atoms with Crippen molar-refractivity contribution >= 4 is 15.8 Å². The van der Waals surface area contributed by atoms with E-state index in [1.54, 1.807) is 0 Å². The van der Waals surface area contributed by atoms with E-state index in [0.29, 0.717) is 5.56 Å². The molecule has 0 spiro atoms. The van der Waals surface area contributed by atoms with Crippen LogP contribution in [0.3, 0.4) is 0 Å². The van der Waals surface area contributed by atoms with Gasteiger partial charge in [0.2, 0.25) is 10.0 Å². The molecule has 1 unspecified atom stereocenters. The van der Waals surface area contributed by atoms with E-state index in [1.807, 2.05) is 13.8 Å². The average Bonchev–Trinajstić information content (AvgIpc) is 2.85. The van der Waals surface area contributed by atoms with Crippen LogP contribution in [0, 0.1) is 5.41 Å². The van der Waals surface area contributed by atoms with Gasteiger partial charge in [0.1, 0.15) is 0 Å². The van der Waals surface area contributed by atoms with Gasteiger partial charge in [-0.2, -0.15) is 0 Å². The monoisotopic (exact) mass is 267 g/mol. The minimum atomic E-state index is -3.47. The Kier molecular flexibility index (Phi) is 3.07. The standard InChI is InChI=1S/C13H17NO3S/c1-9(15)10-4-6-11(7-5-10)18(16,17)14-12-8-13(12,2)3/h4-7,12,14H,8H2,1-3H3. The predicted octanol–water partition coefficient (Wildman–Crippen LogP) is 1.97. The topological polar surface area (TPSA) is 63.2 Å². The number of hydrogen-bond acceptors (Lipinski definition) is 3. The van der Waals surface area contributed by atoms with Crippen molar-refractivity contribution in [3.8, 4) is 0 Å². The lowest BCUT2D eigenvalue weighted by Gasteiger charge is -2.08. The van der Waals surface area contributed by atoms with Crippen molar-refractivity contribution in [3.63, 3.8) is 0 Å². The molecular formula is C13H17NO3S. The largest absolute Gasteiger partial charge is 0.295 e. The number of rotatable bonds is 4. The van der Waals surface area contributed by atoms with Gasteiger partial charge in [-0.3, -0.25) is 4.79 Å². The molecule has 0 bridgehead atoms. The maximum Gasteiger partial charge on any atom is 0.240 e. The van der Waals surface area contributed by atoms with Gasteiger partial charge in [0, 0.05) is 11.6 Å². The number of ketones is 1. The fourth-order valence-electron chi connectivity index (χ4n) is 1.79. The Morgan fingerprint density at radius 1 is 1.28 bits per heavy atom. The van der Waals surface area contributed by atoms with Crippen LogP contribution < -0.4 is 4.72 Å². The summed E-state index contributed by atoms with van der Waals surface area (Å²) < 4.78 is 26.8. The quantitative estimate of drug-likeness (QED) is 0.848. The zero-order chi connectivity index (χ0) is 13.6. The van der Waals surface area contributed by atoms with E-state index >= 15 is 0 Å². The second-order valence-electron chi connectivity index (χ2n) is 5.45. The molecule has 98 valence electrons. The zero-order valence-corrected chi connectivity index (χ0v) is 11.5. The number of nitrogens with one attached hydrogen (secondary N) is 1. The van der Waals surface area contributed by atoms with Gasteiger partial charge in [0.25, 0.3) is 0 Å². The van der Waals surface area contributed by atoms with E-state index in [2.05, 4.69) is 4.72 Å². The molecule has 1 fully saturated rings. The van der Waals surface area contributed by atoms with Crippen LogP contribution in [0.1, 0.15) is 37.6 Å². The highest BCUT2D eigenvalue weighted by Gasteiger charge is 2.47. The molecule has 0 aromatic heterocycles. The van der Waals surface area contributed by atoms with E-state index in [9.17, 15) is 13.2 Å². The first-order valence-electron chi connectivity index (χ1n) is 5.86. The highest BCUT2D eigenvalue weighted by molar-refractivity contribution is 7.89. The van der Waals surface area contributed by atoms with E-state index in [1.165, 1.54) is 31.2 Å². The van der Waals surface area contributed by atoms with Crippen LogP contribution in [-0.4, -0.2) is 20.2 Å². The fourth-order valence-corrected chi connectivity index (χ4v) is 3.20. The summed E-state index contributed by atoms with van der Waals surface area (Å²) in [6.45, 7) is 5.51.